The fourth-order valence-electron chi connectivity index (χ4n) is 1.93. The number of benzene rings is 1. The Morgan fingerprint density at radius 1 is 1.48 bits per heavy atom. The molecule has 0 fully saturated rings. The molecule has 0 aliphatic rings. The molecule has 5 nitrogen and oxygen atoms in total. The summed E-state index contributed by atoms with van der Waals surface area (Å²) in [6.45, 7) is 0.588. The number of methoxy groups -OCH3 is 1. The highest BCUT2D eigenvalue weighted by atomic mass is 35.5. The van der Waals surface area contributed by atoms with Crippen LogP contribution in [-0.4, -0.2) is 30.2 Å². The molecule has 2 aromatic rings. The molecular weight excluding hydrogens is 341 g/mol. The Hall–Kier alpha value is -1.54. The third-order valence-electron chi connectivity index (χ3n) is 3.18. The van der Waals surface area contributed by atoms with Crippen LogP contribution in [0, 0.1) is 5.82 Å². The summed E-state index contributed by atoms with van der Waals surface area (Å²) in [5.74, 6) is -0.580. The van der Waals surface area contributed by atoms with E-state index in [0.29, 0.717) is 16.9 Å². The van der Waals surface area contributed by atoms with Crippen molar-refractivity contribution in [2.75, 3.05) is 13.7 Å². The van der Waals surface area contributed by atoms with Crippen LogP contribution in [0.5, 0.6) is 0 Å². The second-order valence-corrected chi connectivity index (χ2v) is 5.58. The topological polar surface area (TPSA) is 69.6 Å². The Morgan fingerprint density at radius 2 is 2.22 bits per heavy atom. The lowest BCUT2D eigenvalue weighted by Crippen LogP contribution is -2.26. The predicted molar refractivity (Wildman–Crippen MR) is 90.1 cm³/mol. The molecule has 0 radical (unpaired) electrons. The van der Waals surface area contributed by atoms with Crippen LogP contribution >= 0.6 is 23.7 Å². The van der Waals surface area contributed by atoms with Crippen molar-refractivity contribution in [2.24, 2.45) is 10.7 Å². The molecule has 2 rings (SSSR count). The van der Waals surface area contributed by atoms with Gasteiger partial charge in [-0.25, -0.2) is 4.39 Å². The van der Waals surface area contributed by atoms with E-state index >= 15 is 0 Å². The summed E-state index contributed by atoms with van der Waals surface area (Å²) in [5.41, 5.74) is 6.04. The molecule has 1 atom stereocenters. The number of carbonyl (C=O) groups excluding carboxylic acids is 1. The number of ether oxygens (including phenoxy) is 1. The molecule has 8 heteroatoms. The number of aromatic nitrogens is 1. The van der Waals surface area contributed by atoms with Crippen molar-refractivity contribution >= 4 is 29.7 Å². The predicted octanol–water partition coefficient (Wildman–Crippen LogP) is 1.95. The molecule has 23 heavy (non-hydrogen) atoms. The summed E-state index contributed by atoms with van der Waals surface area (Å²) in [6.07, 6.45) is 1.57. The summed E-state index contributed by atoms with van der Waals surface area (Å²) in [4.78, 5) is 16.5. The molecule has 0 saturated heterocycles. The van der Waals surface area contributed by atoms with Crippen molar-refractivity contribution in [3.8, 4) is 0 Å². The molecule has 0 saturated carbocycles. The van der Waals surface area contributed by atoms with E-state index in [-0.39, 0.29) is 43.2 Å². The molecule has 0 spiro atoms. The molecule has 1 unspecified atom stereocenters. The number of carbonyl (C=O) groups is 1. The number of amides is 1. The van der Waals surface area contributed by atoms with Gasteiger partial charge in [0.25, 0.3) is 5.91 Å². The summed E-state index contributed by atoms with van der Waals surface area (Å²) in [6, 6.07) is 6.54. The highest BCUT2D eigenvalue weighted by Crippen LogP contribution is 2.08. The summed E-state index contributed by atoms with van der Waals surface area (Å²) in [5, 5.41) is 1.81. The number of hydrogen-bond acceptors (Lipinski definition) is 4. The first kappa shape index (κ1) is 19.5. The smallest absolute Gasteiger partial charge is 0.250 e. The van der Waals surface area contributed by atoms with E-state index in [2.05, 4.69) is 4.99 Å². The van der Waals surface area contributed by atoms with Crippen molar-refractivity contribution in [1.29, 1.82) is 0 Å². The Balaban J connectivity index is 0.00000264. The zero-order valence-electron chi connectivity index (χ0n) is 12.6. The highest BCUT2D eigenvalue weighted by molar-refractivity contribution is 7.07. The number of hydrogen-bond donors (Lipinski definition) is 1. The second-order valence-electron chi connectivity index (χ2n) is 4.71. The number of thiazole rings is 1. The van der Waals surface area contributed by atoms with Gasteiger partial charge in [0, 0.05) is 30.8 Å². The highest BCUT2D eigenvalue weighted by Gasteiger charge is 2.11. The lowest BCUT2D eigenvalue weighted by Gasteiger charge is -2.09. The maximum atomic E-state index is 13.7. The van der Waals surface area contributed by atoms with Crippen LogP contribution in [0.25, 0.3) is 0 Å². The first-order valence-corrected chi connectivity index (χ1v) is 7.69. The minimum absolute atomic E-state index is 0. The van der Waals surface area contributed by atoms with Gasteiger partial charge >= 0.3 is 0 Å². The monoisotopic (exact) mass is 359 g/mol. The molecule has 2 N–H and O–H groups in total. The molecule has 1 heterocycles. The Morgan fingerprint density at radius 3 is 2.87 bits per heavy atom. The van der Waals surface area contributed by atoms with E-state index in [0.717, 1.165) is 0 Å². The van der Waals surface area contributed by atoms with Crippen molar-refractivity contribution in [3.05, 3.63) is 52.0 Å². The van der Waals surface area contributed by atoms with Gasteiger partial charge in [-0.15, -0.1) is 23.7 Å². The van der Waals surface area contributed by atoms with Gasteiger partial charge in [0.2, 0.25) is 0 Å². The van der Waals surface area contributed by atoms with Gasteiger partial charge in [-0.2, -0.15) is 4.99 Å². The van der Waals surface area contributed by atoms with Crippen LogP contribution in [0.2, 0.25) is 0 Å². The van der Waals surface area contributed by atoms with Crippen LogP contribution in [0.1, 0.15) is 12.0 Å². The SMILES string of the molecule is COC(CN)CC(=O)N=c1sccn1Cc1ccccc1F.Cl. The van der Waals surface area contributed by atoms with Crippen LogP contribution in [0.15, 0.2) is 40.8 Å². The fraction of sp³-hybridized carbons (Fsp3) is 0.333. The molecule has 0 aliphatic heterocycles. The quantitative estimate of drug-likeness (QED) is 0.857. The Labute approximate surface area is 144 Å². The lowest BCUT2D eigenvalue weighted by atomic mass is 10.2. The van der Waals surface area contributed by atoms with Gasteiger partial charge in [0.05, 0.1) is 19.1 Å². The van der Waals surface area contributed by atoms with Crippen LogP contribution < -0.4 is 10.5 Å². The van der Waals surface area contributed by atoms with Crippen LogP contribution in [0.4, 0.5) is 4.39 Å². The maximum Gasteiger partial charge on any atom is 0.250 e. The van der Waals surface area contributed by atoms with E-state index in [9.17, 15) is 9.18 Å². The first-order valence-electron chi connectivity index (χ1n) is 6.81. The summed E-state index contributed by atoms with van der Waals surface area (Å²) >= 11 is 1.33. The second kappa shape index (κ2) is 9.57. The molecule has 1 aromatic heterocycles. The Bertz CT molecular complexity index is 698. The zero-order chi connectivity index (χ0) is 15.9. The molecule has 0 aliphatic carbocycles. The van der Waals surface area contributed by atoms with Crippen molar-refractivity contribution in [1.82, 2.24) is 4.57 Å². The maximum absolute atomic E-state index is 13.7. The lowest BCUT2D eigenvalue weighted by molar-refractivity contribution is -0.120. The number of nitrogens with two attached hydrogens (primary N) is 1. The standard InChI is InChI=1S/C15H18FN3O2S.ClH/c1-21-12(9-17)8-14(20)18-15-19(6-7-22-15)10-11-4-2-3-5-13(11)16;/h2-7,12H,8-10,17H2,1H3;1H. The number of nitrogens with zero attached hydrogens (tertiary/aromatic N) is 2. The van der Waals surface area contributed by atoms with Crippen LogP contribution in [-0.2, 0) is 16.1 Å². The van der Waals surface area contributed by atoms with Gasteiger partial charge < -0.3 is 15.0 Å². The first-order chi connectivity index (χ1) is 10.6. The molecule has 1 aromatic carbocycles. The molecule has 126 valence electrons. The summed E-state index contributed by atoms with van der Waals surface area (Å²) < 4.78 is 20.5. The Kier molecular flexibility index (Phi) is 8.11. The third-order valence-corrected chi connectivity index (χ3v) is 3.97. The van der Waals surface area contributed by atoms with Gasteiger partial charge in [-0.3, -0.25) is 4.79 Å². The van der Waals surface area contributed by atoms with Crippen molar-refractivity contribution in [3.63, 3.8) is 0 Å². The van der Waals surface area contributed by atoms with E-state index in [4.69, 9.17) is 10.5 Å². The number of halogens is 2. The minimum Gasteiger partial charge on any atom is -0.380 e. The summed E-state index contributed by atoms with van der Waals surface area (Å²) in [7, 11) is 1.51. The minimum atomic E-state index is -0.337. The largest absolute Gasteiger partial charge is 0.380 e. The normalized spacial score (nSPS) is 12.7. The van der Waals surface area contributed by atoms with Crippen molar-refractivity contribution < 1.29 is 13.9 Å². The molecular formula is C15H19ClFN3O2S. The average molecular weight is 360 g/mol. The fourth-order valence-corrected chi connectivity index (χ4v) is 2.67. The average Bonchev–Trinajstić information content (AvgIpc) is 2.94. The van der Waals surface area contributed by atoms with E-state index in [1.807, 2.05) is 5.38 Å². The van der Waals surface area contributed by atoms with E-state index in [1.54, 1.807) is 29.0 Å². The third kappa shape index (κ3) is 5.54. The van der Waals surface area contributed by atoms with Gasteiger partial charge in [0.1, 0.15) is 5.82 Å². The van der Waals surface area contributed by atoms with Crippen LogP contribution in [0.3, 0.4) is 0 Å². The van der Waals surface area contributed by atoms with E-state index in [1.165, 1.54) is 24.5 Å². The zero-order valence-corrected chi connectivity index (χ0v) is 14.3. The van der Waals surface area contributed by atoms with Gasteiger partial charge in [-0.05, 0) is 6.07 Å². The molecule has 0 bridgehead atoms. The van der Waals surface area contributed by atoms with Crippen molar-refractivity contribution in [2.45, 2.75) is 19.1 Å². The van der Waals surface area contributed by atoms with Gasteiger partial charge in [-0.1, -0.05) is 18.2 Å². The van der Waals surface area contributed by atoms with E-state index < -0.39 is 0 Å². The van der Waals surface area contributed by atoms with Gasteiger partial charge in [0.15, 0.2) is 4.80 Å². The molecule has 1 amide bonds. The number of rotatable bonds is 6.